The lowest BCUT2D eigenvalue weighted by Gasteiger charge is -2.16. The van der Waals surface area contributed by atoms with Crippen LogP contribution in [0.4, 0.5) is 11.5 Å². The lowest BCUT2D eigenvalue weighted by Crippen LogP contribution is -2.31. The van der Waals surface area contributed by atoms with Crippen molar-refractivity contribution in [2.24, 2.45) is 0 Å². The van der Waals surface area contributed by atoms with E-state index in [1.165, 1.54) is 6.92 Å². The lowest BCUT2D eigenvalue weighted by atomic mass is 10.1. The molecule has 28 heavy (non-hydrogen) atoms. The molecule has 0 unspecified atom stereocenters. The van der Waals surface area contributed by atoms with Crippen LogP contribution in [0.15, 0.2) is 28.8 Å². The highest BCUT2D eigenvalue weighted by Gasteiger charge is 2.19. The molecule has 8 nitrogen and oxygen atoms in total. The molecule has 1 aromatic heterocycles. The smallest absolute Gasteiger partial charge is 0.316 e. The third-order valence-corrected chi connectivity index (χ3v) is 4.66. The molecule has 0 aliphatic heterocycles. The average Bonchev–Trinajstić information content (AvgIpc) is 3.02. The zero-order chi connectivity index (χ0) is 20.7. The van der Waals surface area contributed by atoms with E-state index in [2.05, 4.69) is 15.8 Å². The highest BCUT2D eigenvalue weighted by molar-refractivity contribution is 8.00. The van der Waals surface area contributed by atoms with Crippen LogP contribution in [0.5, 0.6) is 0 Å². The first kappa shape index (κ1) is 21.5. The molecule has 0 aliphatic rings. The van der Waals surface area contributed by atoms with E-state index >= 15 is 0 Å². The zero-order valence-corrected chi connectivity index (χ0v) is 17.0. The first-order valence-corrected chi connectivity index (χ1v) is 9.79. The second kappa shape index (κ2) is 9.93. The molecule has 2 amide bonds. The first-order chi connectivity index (χ1) is 13.3. The number of carbonyl (C=O) groups excluding carboxylic acids is 3. The minimum Gasteiger partial charge on any atom is -0.452 e. The van der Waals surface area contributed by atoms with Gasteiger partial charge in [0.2, 0.25) is 5.91 Å². The Hall–Kier alpha value is -2.81. The van der Waals surface area contributed by atoms with Crippen LogP contribution in [-0.2, 0) is 19.1 Å². The van der Waals surface area contributed by atoms with E-state index in [0.29, 0.717) is 17.3 Å². The second-order valence-corrected chi connectivity index (χ2v) is 7.24. The van der Waals surface area contributed by atoms with Gasteiger partial charge in [0, 0.05) is 11.8 Å². The maximum Gasteiger partial charge on any atom is 0.316 e. The van der Waals surface area contributed by atoms with Crippen LogP contribution in [0.1, 0.15) is 23.8 Å². The summed E-state index contributed by atoms with van der Waals surface area (Å²) in [4.78, 5) is 35.9. The molecule has 0 aliphatic carbocycles. The van der Waals surface area contributed by atoms with Crippen molar-refractivity contribution in [1.29, 1.82) is 0 Å². The van der Waals surface area contributed by atoms with E-state index in [9.17, 15) is 14.4 Å². The van der Waals surface area contributed by atoms with Crippen LogP contribution < -0.4 is 10.6 Å². The number of nitrogens with one attached hydrogen (secondary N) is 2. The third kappa shape index (κ3) is 6.41. The summed E-state index contributed by atoms with van der Waals surface area (Å²) in [5.74, 6) is -0.390. The van der Waals surface area contributed by atoms with E-state index < -0.39 is 18.0 Å². The monoisotopic (exact) mass is 405 g/mol. The summed E-state index contributed by atoms with van der Waals surface area (Å²) in [6.45, 7) is 7.00. The van der Waals surface area contributed by atoms with Gasteiger partial charge in [0.1, 0.15) is 5.76 Å². The number of aromatic nitrogens is 1. The fourth-order valence-corrected chi connectivity index (χ4v) is 2.95. The Morgan fingerprint density at radius 3 is 2.43 bits per heavy atom. The van der Waals surface area contributed by atoms with Gasteiger partial charge < -0.3 is 19.9 Å². The Labute approximate surface area is 167 Å². The number of amides is 2. The average molecular weight is 405 g/mol. The fourth-order valence-electron chi connectivity index (χ4n) is 2.35. The standard InChI is InChI=1S/C19H23N3O5S/c1-11-6-5-7-12(2)18(11)21-19(25)14(4)26-17(24)10-28-9-16(23)20-15-8-13(3)27-22-15/h5-8,14H,9-10H2,1-4H3,(H,21,25)(H,20,22,23)/t14-/m0/s1. The van der Waals surface area contributed by atoms with E-state index in [0.717, 1.165) is 22.9 Å². The van der Waals surface area contributed by atoms with Crippen molar-refractivity contribution >= 4 is 41.1 Å². The molecule has 0 bridgehead atoms. The van der Waals surface area contributed by atoms with Gasteiger partial charge in [-0.2, -0.15) is 0 Å². The molecule has 9 heteroatoms. The normalized spacial score (nSPS) is 11.6. The van der Waals surface area contributed by atoms with Crippen molar-refractivity contribution in [2.45, 2.75) is 33.8 Å². The van der Waals surface area contributed by atoms with E-state index in [-0.39, 0.29) is 17.4 Å². The zero-order valence-electron chi connectivity index (χ0n) is 16.2. The Kier molecular flexibility index (Phi) is 7.62. The summed E-state index contributed by atoms with van der Waals surface area (Å²) in [5.41, 5.74) is 2.57. The van der Waals surface area contributed by atoms with Crippen molar-refractivity contribution in [2.75, 3.05) is 22.1 Å². The molecule has 0 spiro atoms. The second-order valence-electron chi connectivity index (χ2n) is 6.25. The number of carbonyl (C=O) groups is 3. The number of ether oxygens (including phenoxy) is 1. The molecule has 150 valence electrons. The molecule has 0 saturated carbocycles. The van der Waals surface area contributed by atoms with Crippen molar-refractivity contribution in [3.63, 3.8) is 0 Å². The molecule has 1 heterocycles. The molecule has 1 atom stereocenters. The molecular weight excluding hydrogens is 382 g/mol. The van der Waals surface area contributed by atoms with Gasteiger partial charge >= 0.3 is 5.97 Å². The number of esters is 1. The van der Waals surface area contributed by atoms with Crippen LogP contribution >= 0.6 is 11.8 Å². The minimum atomic E-state index is -0.945. The minimum absolute atomic E-state index is 0.0456. The van der Waals surface area contributed by atoms with Crippen LogP contribution in [0.3, 0.4) is 0 Å². The van der Waals surface area contributed by atoms with Gasteiger partial charge in [-0.15, -0.1) is 11.8 Å². The lowest BCUT2D eigenvalue weighted by molar-refractivity contribution is -0.150. The molecule has 0 saturated heterocycles. The Balaban J connectivity index is 1.73. The highest BCUT2D eigenvalue weighted by atomic mass is 32.2. The molecule has 1 aromatic carbocycles. The molecule has 0 fully saturated rings. The number of thioether (sulfide) groups is 1. The van der Waals surface area contributed by atoms with Crippen LogP contribution in [0.2, 0.25) is 0 Å². The Bertz CT molecular complexity index is 845. The van der Waals surface area contributed by atoms with Crippen molar-refractivity contribution in [3.05, 3.63) is 41.2 Å². The summed E-state index contributed by atoms with van der Waals surface area (Å²) < 4.78 is 9.98. The van der Waals surface area contributed by atoms with Crippen molar-refractivity contribution < 1.29 is 23.6 Å². The SMILES string of the molecule is Cc1cc(NC(=O)CSCC(=O)O[C@@H](C)C(=O)Nc2c(C)cccc2C)no1. The van der Waals surface area contributed by atoms with Crippen LogP contribution in [0.25, 0.3) is 0 Å². The number of nitrogens with zero attached hydrogens (tertiary/aromatic N) is 1. The van der Waals surface area contributed by atoms with Gasteiger partial charge in [-0.25, -0.2) is 0 Å². The Morgan fingerprint density at radius 2 is 1.82 bits per heavy atom. The number of benzene rings is 1. The van der Waals surface area contributed by atoms with Gasteiger partial charge in [-0.05, 0) is 38.8 Å². The Morgan fingerprint density at radius 1 is 1.14 bits per heavy atom. The molecule has 2 N–H and O–H groups in total. The molecule has 0 radical (unpaired) electrons. The van der Waals surface area contributed by atoms with Gasteiger partial charge in [-0.3, -0.25) is 14.4 Å². The molecular formula is C19H23N3O5S. The predicted molar refractivity (Wildman–Crippen MR) is 107 cm³/mol. The maximum atomic E-state index is 12.3. The van der Waals surface area contributed by atoms with Crippen molar-refractivity contribution in [1.82, 2.24) is 5.16 Å². The molecule has 2 aromatic rings. The fraction of sp³-hybridized carbons (Fsp3) is 0.368. The predicted octanol–water partition coefficient (Wildman–Crippen LogP) is 2.84. The van der Waals surface area contributed by atoms with Crippen molar-refractivity contribution in [3.8, 4) is 0 Å². The number of hydrogen-bond donors (Lipinski definition) is 2. The number of anilines is 2. The summed E-state index contributed by atoms with van der Waals surface area (Å²) in [6.07, 6.45) is -0.945. The van der Waals surface area contributed by atoms with E-state index in [4.69, 9.17) is 9.26 Å². The maximum absolute atomic E-state index is 12.3. The number of aryl methyl sites for hydroxylation is 3. The summed E-state index contributed by atoms with van der Waals surface area (Å²) in [6, 6.07) is 7.27. The van der Waals surface area contributed by atoms with E-state index in [1.54, 1.807) is 13.0 Å². The topological polar surface area (TPSA) is 111 Å². The molecule has 2 rings (SSSR count). The first-order valence-electron chi connectivity index (χ1n) is 8.63. The highest BCUT2D eigenvalue weighted by Crippen LogP contribution is 2.20. The quantitative estimate of drug-likeness (QED) is 0.650. The van der Waals surface area contributed by atoms with Gasteiger partial charge in [0.15, 0.2) is 11.9 Å². The van der Waals surface area contributed by atoms with Gasteiger partial charge in [0.25, 0.3) is 5.91 Å². The van der Waals surface area contributed by atoms with E-state index in [1.807, 2.05) is 32.0 Å². The number of para-hydroxylation sites is 1. The summed E-state index contributed by atoms with van der Waals surface area (Å²) >= 11 is 1.08. The van der Waals surface area contributed by atoms with Crippen LogP contribution in [0, 0.1) is 20.8 Å². The van der Waals surface area contributed by atoms with Gasteiger partial charge in [-0.1, -0.05) is 23.4 Å². The third-order valence-electron chi connectivity index (χ3n) is 3.76. The van der Waals surface area contributed by atoms with Crippen LogP contribution in [-0.4, -0.2) is 40.6 Å². The summed E-state index contributed by atoms with van der Waals surface area (Å²) in [7, 11) is 0. The largest absolute Gasteiger partial charge is 0.452 e. The number of hydrogen-bond acceptors (Lipinski definition) is 7. The van der Waals surface area contributed by atoms with Gasteiger partial charge in [0.05, 0.1) is 11.5 Å². The summed E-state index contributed by atoms with van der Waals surface area (Å²) in [5, 5.41) is 8.99. The number of rotatable bonds is 8.